The van der Waals surface area contributed by atoms with Gasteiger partial charge >= 0.3 is 0 Å². The van der Waals surface area contributed by atoms with Crippen LogP contribution in [0.15, 0.2) is 78.9 Å². The third-order valence-corrected chi connectivity index (χ3v) is 5.89. The Morgan fingerprint density at radius 1 is 0.970 bits per heavy atom. The van der Waals surface area contributed by atoms with Crippen molar-refractivity contribution in [2.24, 2.45) is 0 Å². The number of ether oxygens (including phenoxy) is 1. The molecule has 1 N–H and O–H groups in total. The van der Waals surface area contributed by atoms with Gasteiger partial charge in [-0.15, -0.1) is 0 Å². The molecule has 1 atom stereocenters. The maximum atomic E-state index is 13.5. The van der Waals surface area contributed by atoms with E-state index < -0.39 is 6.04 Å². The third kappa shape index (κ3) is 4.05. The second-order valence-electron chi connectivity index (χ2n) is 8.03. The molecule has 0 bridgehead atoms. The van der Waals surface area contributed by atoms with Gasteiger partial charge in [-0.2, -0.15) is 0 Å². The quantitative estimate of drug-likeness (QED) is 0.474. The van der Waals surface area contributed by atoms with Crippen molar-refractivity contribution in [2.45, 2.75) is 25.6 Å². The molecule has 1 aliphatic rings. The number of rotatable bonds is 7. The number of fused-ring (bicyclic) bond motifs is 3. The summed E-state index contributed by atoms with van der Waals surface area (Å²) in [6, 6.07) is 24.4. The molecule has 0 spiro atoms. The zero-order valence-electron chi connectivity index (χ0n) is 18.3. The second-order valence-corrected chi connectivity index (χ2v) is 8.03. The lowest BCUT2D eigenvalue weighted by Crippen LogP contribution is -2.32. The lowest BCUT2D eigenvalue weighted by atomic mass is 10.1. The number of hydrogen-bond donors (Lipinski definition) is 1. The van der Waals surface area contributed by atoms with Gasteiger partial charge in [0, 0.05) is 6.54 Å². The summed E-state index contributed by atoms with van der Waals surface area (Å²) in [5.74, 6) is 1.02. The highest BCUT2D eigenvalue weighted by Gasteiger charge is 2.40. The molecular formula is C26H24N4O3. The number of aromatic nitrogens is 2. The van der Waals surface area contributed by atoms with Crippen molar-refractivity contribution in [1.82, 2.24) is 14.9 Å². The number of para-hydroxylation sites is 2. The maximum absolute atomic E-state index is 13.5. The summed E-state index contributed by atoms with van der Waals surface area (Å²) < 4.78 is 7.12. The minimum atomic E-state index is -0.638. The van der Waals surface area contributed by atoms with E-state index in [1.165, 1.54) is 0 Å². The van der Waals surface area contributed by atoms with Crippen LogP contribution < -0.4 is 15.0 Å². The van der Waals surface area contributed by atoms with Crippen molar-refractivity contribution in [3.8, 4) is 5.75 Å². The highest BCUT2D eigenvalue weighted by molar-refractivity contribution is 6.03. The van der Waals surface area contributed by atoms with Crippen LogP contribution in [0.4, 0.5) is 5.95 Å². The fraction of sp³-hybridized carbons (Fsp3) is 0.192. The summed E-state index contributed by atoms with van der Waals surface area (Å²) in [5.41, 5.74) is 3.61. The van der Waals surface area contributed by atoms with Gasteiger partial charge in [-0.25, -0.2) is 4.98 Å². The molecule has 1 aliphatic heterocycles. The Labute approximate surface area is 191 Å². The number of imidazole rings is 1. The number of carbonyl (C=O) groups excluding carboxylic acids is 2. The number of anilines is 1. The predicted octanol–water partition coefficient (Wildman–Crippen LogP) is 3.84. The molecule has 2 amide bonds. The highest BCUT2D eigenvalue weighted by Crippen LogP contribution is 2.37. The molecule has 1 unspecified atom stereocenters. The number of benzene rings is 3. The first kappa shape index (κ1) is 20.8. The van der Waals surface area contributed by atoms with Crippen LogP contribution >= 0.6 is 0 Å². The van der Waals surface area contributed by atoms with Gasteiger partial charge in [0.1, 0.15) is 11.8 Å². The van der Waals surface area contributed by atoms with E-state index in [9.17, 15) is 9.59 Å². The smallest absolute Gasteiger partial charge is 0.253 e. The predicted molar refractivity (Wildman–Crippen MR) is 126 cm³/mol. The molecular weight excluding hydrogens is 416 g/mol. The Morgan fingerprint density at radius 2 is 1.70 bits per heavy atom. The molecule has 166 valence electrons. The fourth-order valence-electron chi connectivity index (χ4n) is 4.20. The van der Waals surface area contributed by atoms with Gasteiger partial charge in [0.2, 0.25) is 11.9 Å². The molecule has 0 saturated carbocycles. The Bertz CT molecular complexity index is 1300. The number of hydrogen-bond acceptors (Lipinski definition) is 4. The summed E-state index contributed by atoms with van der Waals surface area (Å²) in [4.78, 5) is 32.6. The monoisotopic (exact) mass is 440 g/mol. The van der Waals surface area contributed by atoms with Gasteiger partial charge in [0.15, 0.2) is 0 Å². The van der Waals surface area contributed by atoms with Crippen molar-refractivity contribution in [1.29, 1.82) is 0 Å². The van der Waals surface area contributed by atoms with Crippen molar-refractivity contribution in [2.75, 3.05) is 12.0 Å². The zero-order chi connectivity index (χ0) is 22.8. The molecule has 0 aliphatic carbocycles. The van der Waals surface area contributed by atoms with Crippen LogP contribution in [0.1, 0.15) is 23.6 Å². The maximum Gasteiger partial charge on any atom is 0.253 e. The van der Waals surface area contributed by atoms with Gasteiger partial charge in [-0.1, -0.05) is 54.6 Å². The van der Waals surface area contributed by atoms with Crippen molar-refractivity contribution in [3.05, 3.63) is 90.0 Å². The average Bonchev–Trinajstić information content (AvgIpc) is 3.34. The van der Waals surface area contributed by atoms with Gasteiger partial charge in [-0.05, 0) is 35.4 Å². The van der Waals surface area contributed by atoms with Crippen LogP contribution in [0.5, 0.6) is 5.75 Å². The first-order valence-electron chi connectivity index (χ1n) is 10.9. The second kappa shape index (κ2) is 8.78. The molecule has 2 heterocycles. The zero-order valence-corrected chi connectivity index (χ0v) is 18.3. The molecule has 0 fully saturated rings. The first-order valence-corrected chi connectivity index (χ1v) is 10.9. The van der Waals surface area contributed by atoms with E-state index in [2.05, 4.69) is 5.32 Å². The summed E-state index contributed by atoms with van der Waals surface area (Å²) in [7, 11) is 1.62. The molecule has 3 aromatic carbocycles. The van der Waals surface area contributed by atoms with Gasteiger partial charge < -0.3 is 10.1 Å². The topological polar surface area (TPSA) is 76.5 Å². The SMILES string of the molecule is COc1ccc(CN2C(=O)C(CC(=O)NCc3ccccc3)n3c2nc2ccccc23)cc1. The normalized spacial score (nSPS) is 15.0. The van der Waals surface area contributed by atoms with E-state index in [4.69, 9.17) is 9.72 Å². The standard InChI is InChI=1S/C26H24N4O3/c1-33-20-13-11-19(12-14-20)17-29-25(32)23(15-24(31)27-16-18-7-3-2-4-8-18)30-22-10-6-5-9-21(22)28-26(29)30/h2-14,23H,15-17H2,1H3,(H,27,31). The summed E-state index contributed by atoms with van der Waals surface area (Å²) in [6.45, 7) is 0.794. The number of nitrogens with zero attached hydrogens (tertiary/aromatic N) is 3. The van der Waals surface area contributed by atoms with E-state index in [1.54, 1.807) is 12.0 Å². The van der Waals surface area contributed by atoms with Crippen LogP contribution in [0.25, 0.3) is 11.0 Å². The molecule has 33 heavy (non-hydrogen) atoms. The van der Waals surface area contributed by atoms with Crippen LogP contribution in [0.2, 0.25) is 0 Å². The highest BCUT2D eigenvalue weighted by atomic mass is 16.5. The average molecular weight is 441 g/mol. The lowest BCUT2D eigenvalue weighted by molar-refractivity contribution is -0.127. The lowest BCUT2D eigenvalue weighted by Gasteiger charge is -2.16. The number of methoxy groups -OCH3 is 1. The fourth-order valence-corrected chi connectivity index (χ4v) is 4.20. The van der Waals surface area contributed by atoms with E-state index in [1.807, 2.05) is 83.4 Å². The summed E-state index contributed by atoms with van der Waals surface area (Å²) >= 11 is 0. The van der Waals surface area contributed by atoms with Gasteiger partial charge in [-0.3, -0.25) is 19.1 Å². The number of carbonyl (C=O) groups is 2. The Hall–Kier alpha value is -4.13. The molecule has 0 saturated heterocycles. The van der Waals surface area contributed by atoms with Gasteiger partial charge in [0.25, 0.3) is 5.91 Å². The molecule has 7 heteroatoms. The Kier molecular flexibility index (Phi) is 5.52. The van der Waals surface area contributed by atoms with Crippen LogP contribution in [0.3, 0.4) is 0 Å². The van der Waals surface area contributed by atoms with Crippen molar-refractivity contribution in [3.63, 3.8) is 0 Å². The molecule has 0 radical (unpaired) electrons. The van der Waals surface area contributed by atoms with Crippen molar-refractivity contribution >= 4 is 28.8 Å². The Balaban J connectivity index is 1.41. The van der Waals surface area contributed by atoms with E-state index in [-0.39, 0.29) is 18.2 Å². The Morgan fingerprint density at radius 3 is 2.45 bits per heavy atom. The number of nitrogens with one attached hydrogen (secondary N) is 1. The van der Waals surface area contributed by atoms with E-state index in [0.29, 0.717) is 19.0 Å². The summed E-state index contributed by atoms with van der Waals surface area (Å²) in [5, 5.41) is 2.94. The van der Waals surface area contributed by atoms with Crippen LogP contribution in [-0.4, -0.2) is 28.5 Å². The van der Waals surface area contributed by atoms with Gasteiger partial charge in [0.05, 0.1) is 31.1 Å². The summed E-state index contributed by atoms with van der Waals surface area (Å²) in [6.07, 6.45) is 0.0537. The van der Waals surface area contributed by atoms with Crippen LogP contribution in [-0.2, 0) is 22.7 Å². The number of amides is 2. The largest absolute Gasteiger partial charge is 0.497 e. The van der Waals surface area contributed by atoms with Crippen LogP contribution in [0, 0.1) is 0 Å². The third-order valence-electron chi connectivity index (χ3n) is 5.89. The molecule has 1 aromatic heterocycles. The molecule has 7 nitrogen and oxygen atoms in total. The van der Waals surface area contributed by atoms with Crippen molar-refractivity contribution < 1.29 is 14.3 Å². The molecule has 4 aromatic rings. The minimum Gasteiger partial charge on any atom is -0.497 e. The van der Waals surface area contributed by atoms with E-state index >= 15 is 0 Å². The minimum absolute atomic E-state index is 0.0537. The molecule has 5 rings (SSSR count). The first-order chi connectivity index (χ1) is 16.1. The van der Waals surface area contributed by atoms with E-state index in [0.717, 1.165) is 27.9 Å².